The Bertz CT molecular complexity index is 523. The molecule has 0 spiro atoms. The summed E-state index contributed by atoms with van der Waals surface area (Å²) in [6, 6.07) is 4.38. The Morgan fingerprint density at radius 2 is 1.86 bits per heavy atom. The minimum atomic E-state index is -4.49. The molecule has 0 bridgehead atoms. The van der Waals surface area contributed by atoms with Gasteiger partial charge in [-0.2, -0.15) is 13.2 Å². The number of benzene rings is 1. The van der Waals surface area contributed by atoms with E-state index in [0.29, 0.717) is 5.75 Å². The Hall–Kier alpha value is -1.77. The highest BCUT2D eigenvalue weighted by Crippen LogP contribution is 2.35. The van der Waals surface area contributed by atoms with Crippen molar-refractivity contribution in [2.24, 2.45) is 0 Å². The monoisotopic (exact) mass is 338 g/mol. The van der Waals surface area contributed by atoms with Crippen LogP contribution < -0.4 is 15.4 Å². The van der Waals surface area contributed by atoms with Crippen molar-refractivity contribution in [2.45, 2.75) is 6.18 Å². The summed E-state index contributed by atoms with van der Waals surface area (Å²) in [7, 11) is -0.999. The predicted molar refractivity (Wildman–Crippen MR) is 77.3 cm³/mol. The van der Waals surface area contributed by atoms with E-state index >= 15 is 0 Å². The van der Waals surface area contributed by atoms with E-state index < -0.39 is 28.6 Å². The summed E-state index contributed by atoms with van der Waals surface area (Å²) >= 11 is 0. The van der Waals surface area contributed by atoms with Crippen molar-refractivity contribution in [1.82, 2.24) is 10.6 Å². The van der Waals surface area contributed by atoms with Crippen LogP contribution in [-0.2, 0) is 17.0 Å². The van der Waals surface area contributed by atoms with Crippen LogP contribution in [0.5, 0.6) is 5.75 Å². The van der Waals surface area contributed by atoms with Crippen molar-refractivity contribution in [3.63, 3.8) is 0 Å². The van der Waals surface area contributed by atoms with Gasteiger partial charge in [0.2, 0.25) is 0 Å². The van der Waals surface area contributed by atoms with Crippen molar-refractivity contribution < 1.29 is 26.9 Å². The molecule has 0 saturated heterocycles. The first-order chi connectivity index (χ1) is 10.3. The maximum atomic E-state index is 12.7. The molecule has 0 saturated carbocycles. The molecule has 0 aromatic heterocycles. The van der Waals surface area contributed by atoms with Crippen LogP contribution in [-0.4, -0.2) is 41.9 Å². The number of nitrogens with one attached hydrogen (secondary N) is 2. The minimum absolute atomic E-state index is 0.0488. The first-order valence-corrected chi connectivity index (χ1v) is 8.14. The fourth-order valence-corrected chi connectivity index (χ4v) is 1.91. The van der Waals surface area contributed by atoms with Crippen molar-refractivity contribution in [3.05, 3.63) is 29.8 Å². The highest BCUT2D eigenvalue weighted by atomic mass is 32.2. The van der Waals surface area contributed by atoms with E-state index in [2.05, 4.69) is 10.6 Å². The molecule has 0 aliphatic carbocycles. The zero-order valence-corrected chi connectivity index (χ0v) is 12.7. The number of hydrogen-bond donors (Lipinski definition) is 2. The number of hydrogen-bond acceptors (Lipinski definition) is 3. The Balaban J connectivity index is 2.33. The summed E-state index contributed by atoms with van der Waals surface area (Å²) in [6.45, 7) is 0.209. The molecule has 1 aromatic carbocycles. The third-order valence-corrected chi connectivity index (χ3v) is 3.29. The highest BCUT2D eigenvalue weighted by molar-refractivity contribution is 7.84. The van der Waals surface area contributed by atoms with Gasteiger partial charge in [0, 0.05) is 29.4 Å². The molecule has 0 unspecified atom stereocenters. The van der Waals surface area contributed by atoms with Crippen LogP contribution in [0.15, 0.2) is 24.3 Å². The predicted octanol–water partition coefficient (Wildman–Crippen LogP) is 1.76. The Morgan fingerprint density at radius 3 is 2.50 bits per heavy atom. The van der Waals surface area contributed by atoms with Crippen molar-refractivity contribution in [2.75, 3.05) is 31.7 Å². The molecule has 2 N–H and O–H groups in total. The second-order valence-corrected chi connectivity index (χ2v) is 5.86. The van der Waals surface area contributed by atoms with E-state index in [1.807, 2.05) is 0 Å². The van der Waals surface area contributed by atoms with Gasteiger partial charge in [0.25, 0.3) is 0 Å². The van der Waals surface area contributed by atoms with Crippen LogP contribution in [0.1, 0.15) is 5.56 Å². The quantitative estimate of drug-likeness (QED) is 0.745. The van der Waals surface area contributed by atoms with Gasteiger partial charge in [-0.15, -0.1) is 0 Å². The van der Waals surface area contributed by atoms with E-state index in [1.165, 1.54) is 24.5 Å². The Labute approximate surface area is 128 Å². The molecule has 9 heteroatoms. The number of halogens is 3. The SMILES string of the molecule is C[S@@](=O)CCNC(=O)NCCOc1ccccc1C(F)(F)F. The summed E-state index contributed by atoms with van der Waals surface area (Å²) < 4.78 is 53.9. The van der Waals surface area contributed by atoms with Gasteiger partial charge in [0.05, 0.1) is 12.1 Å². The average molecular weight is 338 g/mol. The second kappa shape index (κ2) is 8.62. The zero-order valence-electron chi connectivity index (χ0n) is 11.9. The average Bonchev–Trinajstić information content (AvgIpc) is 2.42. The minimum Gasteiger partial charge on any atom is -0.491 e. The third-order valence-electron chi connectivity index (χ3n) is 2.51. The molecule has 22 heavy (non-hydrogen) atoms. The van der Waals surface area contributed by atoms with Crippen molar-refractivity contribution in [1.29, 1.82) is 0 Å². The normalized spacial score (nSPS) is 12.5. The molecular formula is C13H17F3N2O3S. The van der Waals surface area contributed by atoms with Gasteiger partial charge in [-0.05, 0) is 12.1 Å². The second-order valence-electron chi connectivity index (χ2n) is 4.30. The number of ether oxygens (including phenoxy) is 1. The molecule has 5 nitrogen and oxygen atoms in total. The maximum absolute atomic E-state index is 12.7. The number of rotatable bonds is 7. The number of alkyl halides is 3. The van der Waals surface area contributed by atoms with E-state index in [-0.39, 0.29) is 25.4 Å². The first-order valence-electron chi connectivity index (χ1n) is 6.41. The number of urea groups is 1. The molecule has 1 aromatic rings. The van der Waals surface area contributed by atoms with Crippen molar-refractivity contribution >= 4 is 16.8 Å². The largest absolute Gasteiger partial charge is 0.491 e. The van der Waals surface area contributed by atoms with Gasteiger partial charge in [-0.1, -0.05) is 12.1 Å². The topological polar surface area (TPSA) is 67.4 Å². The van der Waals surface area contributed by atoms with Gasteiger partial charge in [-0.25, -0.2) is 4.79 Å². The van der Waals surface area contributed by atoms with E-state index in [1.54, 1.807) is 0 Å². The summed E-state index contributed by atoms with van der Waals surface area (Å²) in [5.41, 5.74) is -0.857. The molecular weight excluding hydrogens is 321 g/mol. The number of carbonyl (C=O) groups is 1. The molecule has 2 amide bonds. The third kappa shape index (κ3) is 6.79. The fourth-order valence-electron chi connectivity index (χ4n) is 1.52. The summed E-state index contributed by atoms with van der Waals surface area (Å²) in [5.74, 6) is 0.0571. The van der Waals surface area contributed by atoms with E-state index in [4.69, 9.17) is 4.74 Å². The highest BCUT2D eigenvalue weighted by Gasteiger charge is 2.33. The smallest absolute Gasteiger partial charge is 0.419 e. The van der Waals surface area contributed by atoms with Crippen LogP contribution >= 0.6 is 0 Å². The van der Waals surface area contributed by atoms with Crippen molar-refractivity contribution in [3.8, 4) is 5.75 Å². The van der Waals surface area contributed by atoms with E-state index in [0.717, 1.165) is 6.07 Å². The van der Waals surface area contributed by atoms with Crippen LogP contribution in [0.2, 0.25) is 0 Å². The van der Waals surface area contributed by atoms with Crippen LogP contribution in [0, 0.1) is 0 Å². The molecule has 0 aliphatic rings. The lowest BCUT2D eigenvalue weighted by atomic mass is 10.2. The number of carbonyl (C=O) groups excluding carboxylic acids is 1. The lowest BCUT2D eigenvalue weighted by molar-refractivity contribution is -0.138. The van der Waals surface area contributed by atoms with E-state index in [9.17, 15) is 22.2 Å². The molecule has 1 atom stereocenters. The summed E-state index contributed by atoms with van der Waals surface area (Å²) in [5, 5.41) is 4.90. The van der Waals surface area contributed by atoms with Crippen LogP contribution in [0.25, 0.3) is 0 Å². The Kier molecular flexibility index (Phi) is 7.16. The summed E-state index contributed by atoms with van der Waals surface area (Å²) in [6.07, 6.45) is -2.97. The number of para-hydroxylation sites is 1. The summed E-state index contributed by atoms with van der Waals surface area (Å²) in [4.78, 5) is 11.3. The standard InChI is InChI=1S/C13H17F3N2O3S/c1-22(20)9-7-18-12(19)17-6-8-21-11-5-3-2-4-10(11)13(14,15)16/h2-5H,6-9H2,1H3,(H2,17,18,19)/t22-/m1/s1. The van der Waals surface area contributed by atoms with Gasteiger partial charge in [-0.3, -0.25) is 4.21 Å². The molecule has 124 valence electrons. The van der Waals surface area contributed by atoms with Gasteiger partial charge < -0.3 is 15.4 Å². The first kappa shape index (κ1) is 18.3. The molecule has 0 heterocycles. The fraction of sp³-hybridized carbons (Fsp3) is 0.462. The molecule has 0 radical (unpaired) electrons. The van der Waals surface area contributed by atoms with Crippen LogP contribution in [0.4, 0.5) is 18.0 Å². The number of amides is 2. The lowest BCUT2D eigenvalue weighted by Crippen LogP contribution is -2.39. The molecule has 1 rings (SSSR count). The molecule has 0 aliphatic heterocycles. The zero-order chi connectivity index (χ0) is 16.6. The molecule has 0 fully saturated rings. The van der Waals surface area contributed by atoms with Gasteiger partial charge in [0.15, 0.2) is 0 Å². The van der Waals surface area contributed by atoms with Gasteiger partial charge in [0.1, 0.15) is 12.4 Å². The maximum Gasteiger partial charge on any atom is 0.419 e. The van der Waals surface area contributed by atoms with Crippen LogP contribution in [0.3, 0.4) is 0 Å². The lowest BCUT2D eigenvalue weighted by Gasteiger charge is -2.14. The van der Waals surface area contributed by atoms with Gasteiger partial charge >= 0.3 is 12.2 Å². The Morgan fingerprint density at radius 1 is 1.23 bits per heavy atom.